The summed E-state index contributed by atoms with van der Waals surface area (Å²) in [5.41, 5.74) is 1.27. The summed E-state index contributed by atoms with van der Waals surface area (Å²) in [4.78, 5) is 27.9. The number of ether oxygens (including phenoxy) is 1. The number of hydrogen-bond donors (Lipinski definition) is 0. The Hall–Kier alpha value is -2.69. The van der Waals surface area contributed by atoms with Gasteiger partial charge in [0.05, 0.1) is 7.11 Å². The molecule has 33 heavy (non-hydrogen) atoms. The van der Waals surface area contributed by atoms with Gasteiger partial charge in [-0.3, -0.25) is 4.79 Å². The van der Waals surface area contributed by atoms with Crippen LogP contribution in [0.2, 0.25) is 0 Å². The van der Waals surface area contributed by atoms with Crippen LogP contribution < -0.4 is 10.4 Å². The van der Waals surface area contributed by atoms with Crippen molar-refractivity contribution in [3.8, 4) is 5.75 Å². The van der Waals surface area contributed by atoms with Gasteiger partial charge in [0.1, 0.15) is 15.5 Å². The van der Waals surface area contributed by atoms with Crippen LogP contribution in [0.5, 0.6) is 5.75 Å². The number of methoxy groups -OCH3 is 1. The number of hydrogen-bond acceptors (Lipinski definition) is 7. The van der Waals surface area contributed by atoms with Crippen molar-refractivity contribution in [1.29, 1.82) is 0 Å². The molecule has 0 aliphatic carbocycles. The standard InChI is InChI=1S/C23H26N2O6S2/c1-15-4-9-22(32-15)33(28,29)25-12-10-24(11-13-25)21(26)8-7-19-16(2)18-6-5-17(30-3)14-20(18)31-23(19)27/h4-6,9,14H,7-8,10-13H2,1-3H3. The van der Waals surface area contributed by atoms with Crippen LogP contribution in [0.3, 0.4) is 0 Å². The van der Waals surface area contributed by atoms with Crippen molar-refractivity contribution in [2.45, 2.75) is 30.9 Å². The smallest absolute Gasteiger partial charge is 0.339 e. The molecule has 10 heteroatoms. The molecule has 0 N–H and O–H groups in total. The number of nitrogens with zero attached hydrogens (tertiary/aromatic N) is 2. The molecule has 1 amide bonds. The van der Waals surface area contributed by atoms with E-state index < -0.39 is 15.6 Å². The highest BCUT2D eigenvalue weighted by atomic mass is 32.2. The van der Waals surface area contributed by atoms with Gasteiger partial charge in [-0.2, -0.15) is 4.31 Å². The first-order valence-electron chi connectivity index (χ1n) is 10.7. The Kier molecular flexibility index (Phi) is 6.60. The van der Waals surface area contributed by atoms with Crippen molar-refractivity contribution in [2.24, 2.45) is 0 Å². The van der Waals surface area contributed by atoms with Gasteiger partial charge in [0.25, 0.3) is 10.0 Å². The van der Waals surface area contributed by atoms with Crippen LogP contribution in [0.15, 0.2) is 43.8 Å². The number of sulfonamides is 1. The zero-order chi connectivity index (χ0) is 23.8. The summed E-state index contributed by atoms with van der Waals surface area (Å²) in [5, 5.41) is 0.806. The van der Waals surface area contributed by atoms with Crippen molar-refractivity contribution in [2.75, 3.05) is 33.3 Å². The van der Waals surface area contributed by atoms with Crippen LogP contribution in [-0.2, 0) is 21.2 Å². The SMILES string of the molecule is COc1ccc2c(C)c(CCC(=O)N3CCN(S(=O)(=O)c4ccc(C)s4)CC3)c(=O)oc2c1. The third-order valence-electron chi connectivity index (χ3n) is 5.98. The second kappa shape index (κ2) is 9.28. The number of carbonyl (C=O) groups excluding carboxylic acids is 1. The van der Waals surface area contributed by atoms with Crippen LogP contribution in [0.25, 0.3) is 11.0 Å². The monoisotopic (exact) mass is 490 g/mol. The van der Waals surface area contributed by atoms with Crippen molar-refractivity contribution < 1.29 is 22.4 Å². The van der Waals surface area contributed by atoms with Crippen molar-refractivity contribution in [1.82, 2.24) is 9.21 Å². The highest BCUT2D eigenvalue weighted by Gasteiger charge is 2.31. The molecule has 3 aromatic rings. The van der Waals surface area contributed by atoms with E-state index in [4.69, 9.17) is 9.15 Å². The zero-order valence-corrected chi connectivity index (χ0v) is 20.4. The largest absolute Gasteiger partial charge is 0.497 e. The highest BCUT2D eigenvalue weighted by Crippen LogP contribution is 2.26. The molecule has 0 unspecified atom stereocenters. The molecule has 1 aliphatic heterocycles. The highest BCUT2D eigenvalue weighted by molar-refractivity contribution is 7.91. The minimum atomic E-state index is -3.53. The number of carbonyl (C=O) groups is 1. The molecule has 0 radical (unpaired) electrons. The maximum Gasteiger partial charge on any atom is 0.339 e. The Morgan fingerprint density at radius 2 is 1.85 bits per heavy atom. The normalized spacial score (nSPS) is 15.2. The Balaban J connectivity index is 1.40. The molecule has 0 bridgehead atoms. The zero-order valence-electron chi connectivity index (χ0n) is 18.8. The van der Waals surface area contributed by atoms with Crippen LogP contribution in [0.4, 0.5) is 0 Å². The molecule has 4 rings (SSSR count). The number of aryl methyl sites for hydroxylation is 2. The summed E-state index contributed by atoms with van der Waals surface area (Å²) in [7, 11) is -1.99. The average molecular weight is 491 g/mol. The Morgan fingerprint density at radius 3 is 2.48 bits per heavy atom. The summed E-state index contributed by atoms with van der Waals surface area (Å²) in [6.07, 6.45) is 0.423. The van der Waals surface area contributed by atoms with Crippen LogP contribution in [0, 0.1) is 13.8 Å². The third-order valence-corrected chi connectivity index (χ3v) is 9.35. The number of thiophene rings is 1. The van der Waals surface area contributed by atoms with Crippen LogP contribution in [-0.4, -0.2) is 56.8 Å². The number of rotatable bonds is 6. The van der Waals surface area contributed by atoms with E-state index in [1.54, 1.807) is 36.3 Å². The fourth-order valence-corrected chi connectivity index (χ4v) is 6.90. The molecule has 3 heterocycles. The fraction of sp³-hybridized carbons (Fsp3) is 0.391. The maximum absolute atomic E-state index is 12.8. The van der Waals surface area contributed by atoms with Gasteiger partial charge in [-0.15, -0.1) is 11.3 Å². The lowest BCUT2D eigenvalue weighted by atomic mass is 10.0. The number of amides is 1. The lowest BCUT2D eigenvalue weighted by Gasteiger charge is -2.33. The van der Waals surface area contributed by atoms with E-state index in [9.17, 15) is 18.0 Å². The van der Waals surface area contributed by atoms with Crippen LogP contribution >= 0.6 is 11.3 Å². The Morgan fingerprint density at radius 1 is 1.12 bits per heavy atom. The second-order valence-electron chi connectivity index (χ2n) is 8.01. The predicted molar refractivity (Wildman–Crippen MR) is 126 cm³/mol. The van der Waals surface area contributed by atoms with E-state index in [1.165, 1.54) is 15.6 Å². The Labute approximate surface area is 196 Å². The molecule has 176 valence electrons. The molecule has 0 atom stereocenters. The molecule has 1 aromatic carbocycles. The number of benzene rings is 1. The van der Waals surface area contributed by atoms with Gasteiger partial charge in [0.15, 0.2) is 0 Å². The molecule has 1 fully saturated rings. The molecule has 1 aliphatic rings. The van der Waals surface area contributed by atoms with Gasteiger partial charge in [-0.05, 0) is 50.1 Å². The molecular formula is C23H26N2O6S2. The van der Waals surface area contributed by atoms with E-state index in [-0.39, 0.29) is 31.8 Å². The van der Waals surface area contributed by atoms with Gasteiger partial charge in [-0.1, -0.05) is 0 Å². The number of piperazine rings is 1. The summed E-state index contributed by atoms with van der Waals surface area (Å²) in [5.74, 6) is 0.496. The molecule has 2 aromatic heterocycles. The fourth-order valence-electron chi connectivity index (χ4n) is 4.04. The lowest BCUT2D eigenvalue weighted by Crippen LogP contribution is -2.50. The molecule has 0 saturated carbocycles. The maximum atomic E-state index is 12.8. The summed E-state index contributed by atoms with van der Waals surface area (Å²) in [6.45, 7) is 4.88. The minimum absolute atomic E-state index is 0.104. The van der Waals surface area contributed by atoms with Gasteiger partial charge < -0.3 is 14.1 Å². The first-order valence-corrected chi connectivity index (χ1v) is 12.9. The van der Waals surface area contributed by atoms with Gasteiger partial charge in [0, 0.05) is 54.5 Å². The molecular weight excluding hydrogens is 464 g/mol. The summed E-state index contributed by atoms with van der Waals surface area (Å²) in [6, 6.07) is 8.73. The van der Waals surface area contributed by atoms with Gasteiger partial charge in [0.2, 0.25) is 5.91 Å². The van der Waals surface area contributed by atoms with Crippen LogP contribution in [0.1, 0.15) is 22.4 Å². The minimum Gasteiger partial charge on any atom is -0.497 e. The van der Waals surface area contributed by atoms with Crippen molar-refractivity contribution in [3.63, 3.8) is 0 Å². The van der Waals surface area contributed by atoms with E-state index in [0.717, 1.165) is 15.8 Å². The topological polar surface area (TPSA) is 97.1 Å². The van der Waals surface area contributed by atoms with Crippen molar-refractivity contribution in [3.05, 3.63) is 56.8 Å². The first-order chi connectivity index (χ1) is 15.7. The summed E-state index contributed by atoms with van der Waals surface area (Å²) >= 11 is 1.25. The Bertz CT molecular complexity index is 1350. The van der Waals surface area contributed by atoms with Crippen molar-refractivity contribution >= 4 is 38.2 Å². The quantitative estimate of drug-likeness (QED) is 0.493. The van der Waals surface area contributed by atoms with E-state index in [2.05, 4.69) is 0 Å². The first kappa shape index (κ1) is 23.5. The van der Waals surface area contributed by atoms with E-state index in [0.29, 0.717) is 34.2 Å². The predicted octanol–water partition coefficient (Wildman–Crippen LogP) is 2.95. The van der Waals surface area contributed by atoms with E-state index >= 15 is 0 Å². The van der Waals surface area contributed by atoms with E-state index in [1.807, 2.05) is 19.9 Å². The summed E-state index contributed by atoms with van der Waals surface area (Å²) < 4.78 is 38.0. The molecule has 1 saturated heterocycles. The van der Waals surface area contributed by atoms with Gasteiger partial charge in [-0.25, -0.2) is 13.2 Å². The second-order valence-corrected chi connectivity index (χ2v) is 11.5. The lowest BCUT2D eigenvalue weighted by molar-refractivity contribution is -0.132. The third kappa shape index (κ3) is 4.68. The number of fused-ring (bicyclic) bond motifs is 1. The van der Waals surface area contributed by atoms with Gasteiger partial charge >= 0.3 is 5.63 Å². The molecule has 0 spiro atoms. The molecule has 8 nitrogen and oxygen atoms in total. The average Bonchev–Trinajstić information content (AvgIpc) is 3.25.